The second kappa shape index (κ2) is 9.15. The van der Waals surface area contributed by atoms with Crippen molar-refractivity contribution in [1.29, 1.82) is 0 Å². The molecule has 4 aromatic rings. The number of nitrogens with zero attached hydrogens (tertiary/aromatic N) is 1. The van der Waals surface area contributed by atoms with Crippen molar-refractivity contribution in [3.05, 3.63) is 46.1 Å². The minimum Gasteiger partial charge on any atom is -0.506 e. The molecule has 2 aliphatic carbocycles. The topological polar surface area (TPSA) is 123 Å². The van der Waals surface area contributed by atoms with E-state index in [0.29, 0.717) is 29.0 Å². The number of aromatic hydroxyl groups is 1. The second-order valence-corrected chi connectivity index (χ2v) is 10.1. The van der Waals surface area contributed by atoms with Gasteiger partial charge >= 0.3 is 0 Å². The molecule has 41 heavy (non-hydrogen) atoms. The first-order valence-corrected chi connectivity index (χ1v) is 12.9. The van der Waals surface area contributed by atoms with Crippen molar-refractivity contribution in [2.75, 3.05) is 42.7 Å². The first kappa shape index (κ1) is 26.5. The van der Waals surface area contributed by atoms with E-state index in [0.717, 1.165) is 16.6 Å². The Morgan fingerprint density at radius 1 is 0.732 bits per heavy atom. The third-order valence-electron chi connectivity index (χ3n) is 8.31. The standard InChI is InChI=1S/C31H29NO9/c1-13-10-15-11-14-8-9-31(23(14)27(40-6)18(15)30(32-13)41-7)28(34)21-22(29(31)35)26(39-5)19-16(36-2)12-17(37-3)25(38-4)20(19)24(21)33/h10-12,33H,8-9H2,1-7H3/t31-/m1/s1. The zero-order chi connectivity index (χ0) is 29.4. The van der Waals surface area contributed by atoms with Crippen LogP contribution in [0.25, 0.3) is 21.5 Å². The molecular weight excluding hydrogens is 530 g/mol. The number of benzene rings is 3. The molecular formula is C31H29NO9. The summed E-state index contributed by atoms with van der Waals surface area (Å²) in [5, 5.41) is 13.6. The zero-order valence-electron chi connectivity index (χ0n) is 23.8. The van der Waals surface area contributed by atoms with Gasteiger partial charge in [0.25, 0.3) is 0 Å². The third kappa shape index (κ3) is 3.15. The smallest absolute Gasteiger partial charge is 0.225 e. The van der Waals surface area contributed by atoms with E-state index < -0.39 is 22.7 Å². The normalized spacial score (nSPS) is 17.2. The summed E-state index contributed by atoms with van der Waals surface area (Å²) in [4.78, 5) is 33.8. The largest absolute Gasteiger partial charge is 0.506 e. The molecule has 0 saturated heterocycles. The fourth-order valence-corrected chi connectivity index (χ4v) is 6.70. The number of carbonyl (C=O) groups excluding carboxylic acids is 2. The number of rotatable bonds is 6. The van der Waals surface area contributed by atoms with E-state index in [-0.39, 0.29) is 51.3 Å². The van der Waals surface area contributed by atoms with E-state index in [2.05, 4.69) is 4.98 Å². The predicted octanol–water partition coefficient (Wildman–Crippen LogP) is 4.72. The Balaban J connectivity index is 1.74. The second-order valence-electron chi connectivity index (χ2n) is 10.1. The van der Waals surface area contributed by atoms with Gasteiger partial charge in [0.05, 0.1) is 69.9 Å². The number of pyridine rings is 1. The fourth-order valence-electron chi connectivity index (χ4n) is 6.70. The highest BCUT2D eigenvalue weighted by Crippen LogP contribution is 2.60. The van der Waals surface area contributed by atoms with Crippen LogP contribution in [0.4, 0.5) is 0 Å². The van der Waals surface area contributed by atoms with Crippen LogP contribution in [0.3, 0.4) is 0 Å². The lowest BCUT2D eigenvalue weighted by atomic mass is 9.76. The van der Waals surface area contributed by atoms with Crippen molar-refractivity contribution in [3.8, 4) is 40.4 Å². The number of carbonyl (C=O) groups is 2. The lowest BCUT2D eigenvalue weighted by molar-refractivity contribution is 0.0791. The van der Waals surface area contributed by atoms with E-state index in [1.807, 2.05) is 19.1 Å². The molecule has 0 fully saturated rings. The van der Waals surface area contributed by atoms with E-state index >= 15 is 0 Å². The van der Waals surface area contributed by atoms with Crippen molar-refractivity contribution in [3.63, 3.8) is 0 Å². The Kier molecular flexibility index (Phi) is 5.91. The summed E-state index contributed by atoms with van der Waals surface area (Å²) in [6.45, 7) is 1.86. The molecule has 6 rings (SSSR count). The molecule has 10 nitrogen and oxygen atoms in total. The summed E-state index contributed by atoms with van der Waals surface area (Å²) in [7, 11) is 8.72. The molecule has 0 bridgehead atoms. The van der Waals surface area contributed by atoms with E-state index in [1.165, 1.54) is 42.7 Å². The number of phenols is 1. The number of ether oxygens (including phenoxy) is 6. The van der Waals surface area contributed by atoms with Gasteiger partial charge in [-0.25, -0.2) is 4.98 Å². The molecule has 0 saturated carbocycles. The molecule has 1 N–H and O–H groups in total. The van der Waals surface area contributed by atoms with Crippen LogP contribution in [-0.4, -0.2) is 64.3 Å². The molecule has 2 aliphatic rings. The molecule has 212 valence electrons. The van der Waals surface area contributed by atoms with E-state index in [4.69, 9.17) is 28.4 Å². The quantitative estimate of drug-likeness (QED) is 0.332. The Labute approximate surface area is 235 Å². The Morgan fingerprint density at radius 2 is 1.39 bits per heavy atom. The highest BCUT2D eigenvalue weighted by molar-refractivity contribution is 6.38. The predicted molar refractivity (Wildman–Crippen MR) is 150 cm³/mol. The van der Waals surface area contributed by atoms with Gasteiger partial charge in [-0.15, -0.1) is 0 Å². The van der Waals surface area contributed by atoms with Gasteiger partial charge in [-0.2, -0.15) is 0 Å². The van der Waals surface area contributed by atoms with Gasteiger partial charge in [0.2, 0.25) is 5.88 Å². The monoisotopic (exact) mass is 559 g/mol. The Hall–Kier alpha value is -4.73. The van der Waals surface area contributed by atoms with Crippen LogP contribution in [0, 0.1) is 6.92 Å². The van der Waals surface area contributed by atoms with Crippen molar-refractivity contribution >= 4 is 33.1 Å². The molecule has 1 spiro atoms. The highest BCUT2D eigenvalue weighted by Gasteiger charge is 2.61. The van der Waals surface area contributed by atoms with E-state index in [1.54, 1.807) is 6.07 Å². The minimum atomic E-state index is -1.65. The van der Waals surface area contributed by atoms with Gasteiger partial charge in [-0.3, -0.25) is 9.59 Å². The molecule has 0 unspecified atom stereocenters. The van der Waals surface area contributed by atoms with Gasteiger partial charge in [0.1, 0.15) is 28.4 Å². The molecule has 1 aromatic heterocycles. The number of aromatic nitrogens is 1. The highest BCUT2D eigenvalue weighted by atomic mass is 16.5. The van der Waals surface area contributed by atoms with Crippen LogP contribution in [0.2, 0.25) is 0 Å². The molecule has 1 heterocycles. The summed E-state index contributed by atoms with van der Waals surface area (Å²) >= 11 is 0. The van der Waals surface area contributed by atoms with Crippen LogP contribution in [0.5, 0.6) is 40.4 Å². The van der Waals surface area contributed by atoms with Crippen molar-refractivity contribution in [1.82, 2.24) is 4.98 Å². The first-order chi connectivity index (χ1) is 19.7. The first-order valence-electron chi connectivity index (χ1n) is 12.9. The number of methoxy groups -OCH3 is 6. The number of fused-ring (bicyclic) bond motifs is 5. The summed E-state index contributed by atoms with van der Waals surface area (Å²) in [5.74, 6) is 0.0360. The Bertz CT molecular complexity index is 1830. The molecule has 10 heteroatoms. The summed E-state index contributed by atoms with van der Waals surface area (Å²) in [6.07, 6.45) is 0.631. The van der Waals surface area contributed by atoms with Gasteiger partial charge in [0, 0.05) is 17.3 Å². The van der Waals surface area contributed by atoms with Crippen LogP contribution < -0.4 is 28.4 Å². The van der Waals surface area contributed by atoms with E-state index in [9.17, 15) is 14.7 Å². The van der Waals surface area contributed by atoms with Crippen LogP contribution in [0.15, 0.2) is 18.2 Å². The number of phenolic OH excluding ortho intramolecular Hbond substituents is 1. The van der Waals surface area contributed by atoms with Crippen molar-refractivity contribution in [2.45, 2.75) is 25.2 Å². The summed E-state index contributed by atoms with van der Waals surface area (Å²) in [6, 6.07) is 5.44. The third-order valence-corrected chi connectivity index (χ3v) is 8.31. The lowest BCUT2D eigenvalue weighted by Crippen LogP contribution is -2.36. The Morgan fingerprint density at radius 3 is 2.00 bits per heavy atom. The maximum Gasteiger partial charge on any atom is 0.225 e. The van der Waals surface area contributed by atoms with Crippen molar-refractivity contribution < 1.29 is 43.1 Å². The minimum absolute atomic E-state index is 0.0167. The van der Waals surface area contributed by atoms with Gasteiger partial charge in [-0.1, -0.05) is 6.07 Å². The SMILES string of the molecule is COc1cc(OC)c2c(OC)c3c(c(O)c2c1OC)C(=O)[C@]1(CCc2cc4cc(C)nc(OC)c4c(OC)c21)C3=O. The number of hydrogen-bond donors (Lipinski definition) is 1. The van der Waals surface area contributed by atoms with Crippen LogP contribution in [0.1, 0.15) is 44.0 Å². The maximum absolute atomic E-state index is 14.6. The number of aryl methyl sites for hydroxylation is 2. The number of Topliss-reactive ketones (excluding diaryl/α,β-unsaturated/α-hetero) is 2. The lowest BCUT2D eigenvalue weighted by Gasteiger charge is -2.24. The molecule has 0 aliphatic heterocycles. The fraction of sp³-hybridized carbons (Fsp3) is 0.323. The summed E-state index contributed by atoms with van der Waals surface area (Å²) in [5.41, 5.74) is 0.193. The van der Waals surface area contributed by atoms with Crippen LogP contribution in [-0.2, 0) is 11.8 Å². The molecule has 3 aromatic carbocycles. The summed E-state index contributed by atoms with van der Waals surface area (Å²) < 4.78 is 34.0. The van der Waals surface area contributed by atoms with Gasteiger partial charge in [-0.05, 0) is 36.8 Å². The number of ketones is 2. The molecule has 0 radical (unpaired) electrons. The average Bonchev–Trinajstić information content (AvgIpc) is 3.46. The maximum atomic E-state index is 14.6. The average molecular weight is 560 g/mol. The molecule has 0 amide bonds. The van der Waals surface area contributed by atoms with Crippen molar-refractivity contribution in [2.24, 2.45) is 0 Å². The van der Waals surface area contributed by atoms with Crippen LogP contribution >= 0.6 is 0 Å². The van der Waals surface area contributed by atoms with Gasteiger partial charge in [0.15, 0.2) is 23.1 Å². The zero-order valence-corrected chi connectivity index (χ0v) is 23.8. The van der Waals surface area contributed by atoms with Gasteiger partial charge < -0.3 is 33.5 Å². The molecule has 1 atom stereocenters. The number of hydrogen-bond acceptors (Lipinski definition) is 10.